The summed E-state index contributed by atoms with van der Waals surface area (Å²) in [5, 5.41) is 1.89. The Kier molecular flexibility index (Phi) is 6.61. The summed E-state index contributed by atoms with van der Waals surface area (Å²) in [4.78, 5) is 18.2. The predicted molar refractivity (Wildman–Crippen MR) is 108 cm³/mol. The molecule has 3 aromatic rings. The van der Waals surface area contributed by atoms with Crippen molar-refractivity contribution in [2.24, 2.45) is 0 Å². The standard InChI is InChI=1S/C21H19F3N2O3S/c1-26(10-11-29-17-8-6-16(28-2)7-9-17)20(27)18-13-30-19(25-18)14-4-3-5-15(12-14)21(22,23)24/h3-9,12-13H,10-11H2,1-2H3. The Morgan fingerprint density at radius 1 is 1.13 bits per heavy atom. The van der Waals surface area contributed by atoms with Crippen LogP contribution in [0, 0.1) is 0 Å². The molecule has 0 unspecified atom stereocenters. The van der Waals surface area contributed by atoms with Gasteiger partial charge in [-0.3, -0.25) is 4.79 Å². The van der Waals surface area contributed by atoms with E-state index in [2.05, 4.69) is 4.98 Å². The molecule has 9 heteroatoms. The van der Waals surface area contributed by atoms with Crippen LogP contribution in [0.2, 0.25) is 0 Å². The van der Waals surface area contributed by atoms with Gasteiger partial charge in [0.15, 0.2) is 0 Å². The number of aromatic nitrogens is 1. The van der Waals surface area contributed by atoms with Gasteiger partial charge in [-0.2, -0.15) is 13.2 Å². The van der Waals surface area contributed by atoms with Crippen LogP contribution in [0.1, 0.15) is 16.1 Å². The summed E-state index contributed by atoms with van der Waals surface area (Å²) < 4.78 is 49.4. The fourth-order valence-corrected chi connectivity index (χ4v) is 3.39. The third kappa shape index (κ3) is 5.29. The molecule has 5 nitrogen and oxygen atoms in total. The monoisotopic (exact) mass is 436 g/mol. The van der Waals surface area contributed by atoms with Crippen molar-refractivity contribution in [3.63, 3.8) is 0 Å². The summed E-state index contributed by atoms with van der Waals surface area (Å²) >= 11 is 1.12. The van der Waals surface area contributed by atoms with E-state index in [9.17, 15) is 18.0 Å². The van der Waals surface area contributed by atoms with Gasteiger partial charge in [-0.05, 0) is 36.4 Å². The summed E-state index contributed by atoms with van der Waals surface area (Å²) in [6.07, 6.45) is -4.43. The Morgan fingerprint density at radius 3 is 2.50 bits per heavy atom. The Labute approximate surface area is 175 Å². The van der Waals surface area contributed by atoms with E-state index in [0.717, 1.165) is 29.2 Å². The highest BCUT2D eigenvalue weighted by Gasteiger charge is 2.30. The van der Waals surface area contributed by atoms with E-state index in [1.54, 1.807) is 43.8 Å². The van der Waals surface area contributed by atoms with Gasteiger partial charge in [0.1, 0.15) is 28.8 Å². The van der Waals surface area contributed by atoms with Crippen molar-refractivity contribution < 1.29 is 27.4 Å². The first-order valence-electron chi connectivity index (χ1n) is 8.93. The smallest absolute Gasteiger partial charge is 0.416 e. The van der Waals surface area contributed by atoms with Crippen molar-refractivity contribution >= 4 is 17.2 Å². The number of hydrogen-bond acceptors (Lipinski definition) is 5. The number of benzene rings is 2. The van der Waals surface area contributed by atoms with Crippen molar-refractivity contribution in [1.82, 2.24) is 9.88 Å². The Balaban J connectivity index is 1.60. The van der Waals surface area contributed by atoms with E-state index < -0.39 is 11.7 Å². The largest absolute Gasteiger partial charge is 0.497 e. The minimum Gasteiger partial charge on any atom is -0.497 e. The SMILES string of the molecule is COc1ccc(OCCN(C)C(=O)c2csc(-c3cccc(C(F)(F)F)c3)n2)cc1. The molecule has 1 amide bonds. The fourth-order valence-electron chi connectivity index (χ4n) is 2.60. The van der Waals surface area contributed by atoms with Gasteiger partial charge in [-0.25, -0.2) is 4.98 Å². The first-order chi connectivity index (χ1) is 14.3. The number of likely N-dealkylation sites (N-methyl/N-ethyl adjacent to an activating group) is 1. The minimum atomic E-state index is -4.43. The van der Waals surface area contributed by atoms with Gasteiger partial charge in [0.05, 0.1) is 19.2 Å². The number of rotatable bonds is 7. The van der Waals surface area contributed by atoms with Crippen LogP contribution in [0.4, 0.5) is 13.2 Å². The van der Waals surface area contributed by atoms with Crippen molar-refractivity contribution in [2.45, 2.75) is 6.18 Å². The molecular weight excluding hydrogens is 417 g/mol. The number of halogens is 3. The van der Waals surface area contributed by atoms with Gasteiger partial charge in [0, 0.05) is 18.0 Å². The summed E-state index contributed by atoms with van der Waals surface area (Å²) in [6, 6.07) is 12.0. The van der Waals surface area contributed by atoms with Gasteiger partial charge < -0.3 is 14.4 Å². The molecule has 0 atom stereocenters. The lowest BCUT2D eigenvalue weighted by molar-refractivity contribution is -0.137. The van der Waals surface area contributed by atoms with E-state index in [4.69, 9.17) is 9.47 Å². The number of carbonyl (C=O) groups is 1. The molecule has 1 aromatic heterocycles. The second-order valence-electron chi connectivity index (χ2n) is 6.37. The zero-order valence-electron chi connectivity index (χ0n) is 16.3. The molecule has 0 aliphatic carbocycles. The second kappa shape index (κ2) is 9.17. The number of ether oxygens (including phenoxy) is 2. The van der Waals surface area contributed by atoms with Gasteiger partial charge in [0.25, 0.3) is 5.91 Å². The average molecular weight is 436 g/mol. The van der Waals surface area contributed by atoms with Crippen LogP contribution in [0.3, 0.4) is 0 Å². The fraction of sp³-hybridized carbons (Fsp3) is 0.238. The van der Waals surface area contributed by atoms with E-state index in [1.165, 1.54) is 17.0 Å². The van der Waals surface area contributed by atoms with Gasteiger partial charge in [0.2, 0.25) is 0 Å². The molecule has 1 heterocycles. The first-order valence-corrected chi connectivity index (χ1v) is 9.81. The number of hydrogen-bond donors (Lipinski definition) is 0. The highest BCUT2D eigenvalue weighted by molar-refractivity contribution is 7.13. The maximum absolute atomic E-state index is 12.9. The molecule has 2 aromatic carbocycles. The van der Waals surface area contributed by atoms with Crippen LogP contribution in [0.5, 0.6) is 11.5 Å². The minimum absolute atomic E-state index is 0.180. The first kappa shape index (κ1) is 21.6. The van der Waals surface area contributed by atoms with Gasteiger partial charge in [-0.15, -0.1) is 11.3 Å². The lowest BCUT2D eigenvalue weighted by Gasteiger charge is -2.16. The van der Waals surface area contributed by atoms with Gasteiger partial charge in [-0.1, -0.05) is 12.1 Å². The number of thiazole rings is 1. The van der Waals surface area contributed by atoms with E-state index in [-0.39, 0.29) is 18.2 Å². The molecule has 0 saturated carbocycles. The zero-order valence-corrected chi connectivity index (χ0v) is 17.1. The molecule has 0 saturated heterocycles. The third-order valence-corrected chi connectivity index (χ3v) is 5.15. The van der Waals surface area contributed by atoms with Crippen LogP contribution in [0.15, 0.2) is 53.9 Å². The van der Waals surface area contributed by atoms with Crippen molar-refractivity contribution in [3.8, 4) is 22.1 Å². The second-order valence-corrected chi connectivity index (χ2v) is 7.23. The molecule has 0 N–H and O–H groups in total. The maximum Gasteiger partial charge on any atom is 0.416 e. The molecule has 0 spiro atoms. The quantitative estimate of drug-likeness (QED) is 0.524. The number of amides is 1. The topological polar surface area (TPSA) is 51.7 Å². The molecule has 0 fully saturated rings. The van der Waals surface area contributed by atoms with Gasteiger partial charge >= 0.3 is 6.18 Å². The normalized spacial score (nSPS) is 11.2. The van der Waals surface area contributed by atoms with Crippen molar-refractivity contribution in [2.75, 3.05) is 27.3 Å². The lowest BCUT2D eigenvalue weighted by Crippen LogP contribution is -2.31. The lowest BCUT2D eigenvalue weighted by atomic mass is 10.1. The summed E-state index contributed by atoms with van der Waals surface area (Å²) in [5.74, 6) is 1.04. The maximum atomic E-state index is 12.9. The summed E-state index contributed by atoms with van der Waals surface area (Å²) in [7, 11) is 3.19. The number of methoxy groups -OCH3 is 1. The Bertz CT molecular complexity index is 1000. The van der Waals surface area contributed by atoms with Crippen molar-refractivity contribution in [1.29, 1.82) is 0 Å². The van der Waals surface area contributed by atoms with E-state index >= 15 is 0 Å². The van der Waals surface area contributed by atoms with Crippen LogP contribution in [-0.4, -0.2) is 43.1 Å². The molecule has 0 aliphatic heterocycles. The predicted octanol–water partition coefficient (Wildman–Crippen LogP) is 4.99. The van der Waals surface area contributed by atoms with Crippen LogP contribution < -0.4 is 9.47 Å². The molecule has 0 bridgehead atoms. The molecule has 158 valence electrons. The highest BCUT2D eigenvalue weighted by Crippen LogP contribution is 2.33. The molecule has 3 rings (SSSR count). The molecular formula is C21H19F3N2O3S. The highest BCUT2D eigenvalue weighted by atomic mass is 32.1. The molecule has 30 heavy (non-hydrogen) atoms. The summed E-state index contributed by atoms with van der Waals surface area (Å²) in [5.41, 5.74) is -0.255. The third-order valence-electron chi connectivity index (χ3n) is 4.26. The van der Waals surface area contributed by atoms with Crippen LogP contribution >= 0.6 is 11.3 Å². The van der Waals surface area contributed by atoms with Crippen molar-refractivity contribution in [3.05, 3.63) is 65.2 Å². The van der Waals surface area contributed by atoms with Crippen LogP contribution in [-0.2, 0) is 6.18 Å². The van der Waals surface area contributed by atoms with E-state index in [0.29, 0.717) is 22.9 Å². The zero-order chi connectivity index (χ0) is 21.7. The molecule has 0 radical (unpaired) electrons. The van der Waals surface area contributed by atoms with Crippen LogP contribution in [0.25, 0.3) is 10.6 Å². The van der Waals surface area contributed by atoms with E-state index in [1.807, 2.05) is 0 Å². The number of alkyl halides is 3. The average Bonchev–Trinajstić information content (AvgIpc) is 3.23. The number of carbonyl (C=O) groups excluding carboxylic acids is 1. The Hall–Kier alpha value is -3.07. The Morgan fingerprint density at radius 2 is 1.83 bits per heavy atom. The number of nitrogens with zero attached hydrogens (tertiary/aromatic N) is 2. The summed E-state index contributed by atoms with van der Waals surface area (Å²) in [6.45, 7) is 0.598. The molecule has 0 aliphatic rings.